The molecule has 0 radical (unpaired) electrons. The molecule has 2 N–H and O–H groups in total. The van der Waals surface area contributed by atoms with Gasteiger partial charge in [-0.1, -0.05) is 41.4 Å². The van der Waals surface area contributed by atoms with Gasteiger partial charge in [0.05, 0.1) is 23.2 Å². The fraction of sp³-hybridized carbons (Fsp3) is 0.208. The van der Waals surface area contributed by atoms with E-state index in [4.69, 9.17) is 32.7 Å². The summed E-state index contributed by atoms with van der Waals surface area (Å²) in [6.45, 7) is 1.24. The zero-order valence-electron chi connectivity index (χ0n) is 17.4. The first-order valence-corrected chi connectivity index (χ1v) is 10.9. The lowest BCUT2D eigenvalue weighted by Crippen LogP contribution is -2.17. The van der Waals surface area contributed by atoms with Crippen molar-refractivity contribution in [2.24, 2.45) is 0 Å². The number of imidazole rings is 1. The molecule has 0 amide bonds. The third kappa shape index (κ3) is 5.15. The number of para-hydroxylation sites is 2. The Morgan fingerprint density at radius 2 is 1.88 bits per heavy atom. The Balaban J connectivity index is 1.37. The Labute approximate surface area is 195 Å². The molecule has 4 aromatic rings. The lowest BCUT2D eigenvalue weighted by molar-refractivity contribution is 0.279. The standard InChI is InChI=1S/C24H22Cl2FN3O2/c1-31-22-11-15(13-28-10-9-24-29-20-7-2-3-8-21(20)30-24)18(26)12-23(22)32-14-16-17(25)5-4-6-19(16)27/h2-8,11-12,28H,9-10,13-14H2,1H3,(H,29,30). The second-order valence-electron chi connectivity index (χ2n) is 7.21. The third-order valence-corrected chi connectivity index (χ3v) is 5.76. The molecule has 0 aliphatic heterocycles. The summed E-state index contributed by atoms with van der Waals surface area (Å²) in [6.07, 6.45) is 0.758. The van der Waals surface area contributed by atoms with E-state index in [-0.39, 0.29) is 12.2 Å². The highest BCUT2D eigenvalue weighted by atomic mass is 35.5. The van der Waals surface area contributed by atoms with Crippen molar-refractivity contribution in [3.05, 3.63) is 87.4 Å². The molecule has 1 aromatic heterocycles. The molecular formula is C24H22Cl2FN3O2. The van der Waals surface area contributed by atoms with Crippen LogP contribution in [0.15, 0.2) is 54.6 Å². The fourth-order valence-electron chi connectivity index (χ4n) is 3.36. The Morgan fingerprint density at radius 3 is 2.66 bits per heavy atom. The van der Waals surface area contributed by atoms with E-state index in [0.717, 1.165) is 35.4 Å². The smallest absolute Gasteiger partial charge is 0.163 e. The van der Waals surface area contributed by atoms with E-state index in [1.165, 1.54) is 6.07 Å². The quantitative estimate of drug-likeness (QED) is 0.296. The summed E-state index contributed by atoms with van der Waals surface area (Å²) in [6, 6.07) is 15.9. The lowest BCUT2D eigenvalue weighted by atomic mass is 10.2. The van der Waals surface area contributed by atoms with Crippen molar-refractivity contribution in [3.8, 4) is 11.5 Å². The first-order chi connectivity index (χ1) is 15.5. The first-order valence-electron chi connectivity index (χ1n) is 10.1. The molecule has 0 spiro atoms. The van der Waals surface area contributed by atoms with Gasteiger partial charge in [0.1, 0.15) is 18.2 Å². The largest absolute Gasteiger partial charge is 0.493 e. The van der Waals surface area contributed by atoms with Crippen molar-refractivity contribution >= 4 is 34.2 Å². The number of ether oxygens (including phenoxy) is 2. The Kier molecular flexibility index (Phi) is 7.15. The summed E-state index contributed by atoms with van der Waals surface area (Å²) < 4.78 is 25.2. The minimum absolute atomic E-state index is 0.0344. The van der Waals surface area contributed by atoms with Crippen LogP contribution in [0, 0.1) is 5.82 Å². The molecule has 0 aliphatic rings. The lowest BCUT2D eigenvalue weighted by Gasteiger charge is -2.15. The average Bonchev–Trinajstić information content (AvgIpc) is 3.20. The topological polar surface area (TPSA) is 59.2 Å². The van der Waals surface area contributed by atoms with E-state index in [1.54, 1.807) is 25.3 Å². The number of H-pyrrole nitrogens is 1. The maximum absolute atomic E-state index is 14.0. The number of nitrogens with zero attached hydrogens (tertiary/aromatic N) is 1. The second kappa shape index (κ2) is 10.2. The number of halogens is 3. The van der Waals surface area contributed by atoms with Gasteiger partial charge in [-0.2, -0.15) is 0 Å². The third-order valence-electron chi connectivity index (χ3n) is 5.06. The van der Waals surface area contributed by atoms with Crippen molar-refractivity contribution < 1.29 is 13.9 Å². The van der Waals surface area contributed by atoms with Crippen LogP contribution in [0.4, 0.5) is 4.39 Å². The van der Waals surface area contributed by atoms with Crippen LogP contribution < -0.4 is 14.8 Å². The van der Waals surface area contributed by atoms with E-state index in [1.807, 2.05) is 30.3 Å². The van der Waals surface area contributed by atoms with Crippen LogP contribution in [0.1, 0.15) is 17.0 Å². The second-order valence-corrected chi connectivity index (χ2v) is 8.03. The number of aromatic amines is 1. The normalized spacial score (nSPS) is 11.1. The maximum atomic E-state index is 14.0. The number of hydrogen-bond acceptors (Lipinski definition) is 4. The molecule has 0 fully saturated rings. The molecule has 1 heterocycles. The van der Waals surface area contributed by atoms with Crippen LogP contribution in [0.3, 0.4) is 0 Å². The predicted molar refractivity (Wildman–Crippen MR) is 125 cm³/mol. The van der Waals surface area contributed by atoms with E-state index < -0.39 is 5.82 Å². The number of aromatic nitrogens is 2. The van der Waals surface area contributed by atoms with Gasteiger partial charge < -0.3 is 19.8 Å². The van der Waals surface area contributed by atoms with Crippen LogP contribution in [0.2, 0.25) is 10.0 Å². The summed E-state index contributed by atoms with van der Waals surface area (Å²) in [7, 11) is 1.55. The van der Waals surface area contributed by atoms with Crippen molar-refractivity contribution in [2.75, 3.05) is 13.7 Å². The van der Waals surface area contributed by atoms with Crippen molar-refractivity contribution in [1.82, 2.24) is 15.3 Å². The summed E-state index contributed by atoms with van der Waals surface area (Å²) in [5.41, 5.74) is 3.14. The van der Waals surface area contributed by atoms with Gasteiger partial charge in [-0.15, -0.1) is 0 Å². The van der Waals surface area contributed by atoms with E-state index in [0.29, 0.717) is 28.1 Å². The number of nitrogens with one attached hydrogen (secondary N) is 2. The van der Waals surface area contributed by atoms with Crippen LogP contribution in [0.5, 0.6) is 11.5 Å². The Bertz CT molecular complexity index is 1180. The zero-order chi connectivity index (χ0) is 22.5. The summed E-state index contributed by atoms with van der Waals surface area (Å²) in [5, 5.41) is 4.20. The summed E-state index contributed by atoms with van der Waals surface area (Å²) in [4.78, 5) is 7.89. The first kappa shape index (κ1) is 22.4. The number of hydrogen-bond donors (Lipinski definition) is 2. The van der Waals surface area contributed by atoms with Crippen LogP contribution in [0.25, 0.3) is 11.0 Å². The highest BCUT2D eigenvalue weighted by Crippen LogP contribution is 2.34. The SMILES string of the molecule is COc1cc(CNCCc2nc3ccccc3[nH]2)c(Cl)cc1OCc1c(F)cccc1Cl. The van der Waals surface area contributed by atoms with Crippen molar-refractivity contribution in [3.63, 3.8) is 0 Å². The molecule has 8 heteroatoms. The molecule has 0 atom stereocenters. The number of methoxy groups -OCH3 is 1. The van der Waals surface area contributed by atoms with E-state index in [2.05, 4.69) is 15.3 Å². The fourth-order valence-corrected chi connectivity index (χ4v) is 3.80. The highest BCUT2D eigenvalue weighted by Gasteiger charge is 2.13. The Morgan fingerprint density at radius 1 is 1.03 bits per heavy atom. The van der Waals surface area contributed by atoms with Gasteiger partial charge in [-0.05, 0) is 35.9 Å². The minimum Gasteiger partial charge on any atom is -0.493 e. The highest BCUT2D eigenvalue weighted by molar-refractivity contribution is 6.31. The van der Waals surface area contributed by atoms with E-state index in [9.17, 15) is 4.39 Å². The molecule has 0 saturated carbocycles. The molecule has 3 aromatic carbocycles. The number of rotatable bonds is 9. The van der Waals surface area contributed by atoms with Crippen LogP contribution in [-0.2, 0) is 19.6 Å². The molecule has 166 valence electrons. The van der Waals surface area contributed by atoms with Crippen LogP contribution >= 0.6 is 23.2 Å². The Hall–Kier alpha value is -2.80. The average molecular weight is 474 g/mol. The van der Waals surface area contributed by atoms with Gasteiger partial charge >= 0.3 is 0 Å². The number of fused-ring (bicyclic) bond motifs is 1. The van der Waals surface area contributed by atoms with Gasteiger partial charge in [0.25, 0.3) is 0 Å². The van der Waals surface area contributed by atoms with Crippen LogP contribution in [-0.4, -0.2) is 23.6 Å². The molecule has 5 nitrogen and oxygen atoms in total. The predicted octanol–water partition coefficient (Wildman–Crippen LogP) is 5.93. The zero-order valence-corrected chi connectivity index (χ0v) is 18.9. The molecular weight excluding hydrogens is 452 g/mol. The number of benzene rings is 3. The molecule has 0 unspecified atom stereocenters. The summed E-state index contributed by atoms with van der Waals surface area (Å²) >= 11 is 12.5. The molecule has 4 rings (SSSR count). The van der Waals surface area contributed by atoms with Gasteiger partial charge in [-0.25, -0.2) is 9.37 Å². The monoisotopic (exact) mass is 473 g/mol. The molecule has 0 bridgehead atoms. The summed E-state index contributed by atoms with van der Waals surface area (Å²) in [5.74, 6) is 1.43. The van der Waals surface area contributed by atoms with Crippen molar-refractivity contribution in [2.45, 2.75) is 19.6 Å². The van der Waals surface area contributed by atoms with Gasteiger partial charge in [-0.3, -0.25) is 0 Å². The van der Waals surface area contributed by atoms with Crippen molar-refractivity contribution in [1.29, 1.82) is 0 Å². The minimum atomic E-state index is -0.423. The molecule has 0 aliphatic carbocycles. The molecule has 0 saturated heterocycles. The van der Waals surface area contributed by atoms with Gasteiger partial charge in [0.15, 0.2) is 11.5 Å². The van der Waals surface area contributed by atoms with Gasteiger partial charge in [0, 0.05) is 36.2 Å². The van der Waals surface area contributed by atoms with Gasteiger partial charge in [0.2, 0.25) is 0 Å². The maximum Gasteiger partial charge on any atom is 0.163 e. The van der Waals surface area contributed by atoms with E-state index >= 15 is 0 Å². The molecule has 32 heavy (non-hydrogen) atoms.